The van der Waals surface area contributed by atoms with E-state index in [9.17, 15) is 10.2 Å². The Kier molecular flexibility index (Phi) is 7.88. The van der Waals surface area contributed by atoms with Crippen molar-refractivity contribution in [2.75, 3.05) is 19.6 Å². The van der Waals surface area contributed by atoms with Gasteiger partial charge in [0.15, 0.2) is 0 Å². The van der Waals surface area contributed by atoms with E-state index in [1.54, 1.807) is 0 Å². The predicted octanol–water partition coefficient (Wildman–Crippen LogP) is 5.75. The van der Waals surface area contributed by atoms with E-state index in [1.165, 1.54) is 5.56 Å². The number of piperidine rings is 1. The van der Waals surface area contributed by atoms with E-state index in [2.05, 4.69) is 55.1 Å². The van der Waals surface area contributed by atoms with Crippen LogP contribution in [0.1, 0.15) is 56.2 Å². The second kappa shape index (κ2) is 10.9. The third-order valence-corrected chi connectivity index (χ3v) is 7.91. The van der Waals surface area contributed by atoms with E-state index in [-0.39, 0.29) is 17.4 Å². The molecule has 0 spiro atoms. The fourth-order valence-corrected chi connectivity index (χ4v) is 5.53. The lowest BCUT2D eigenvalue weighted by Crippen LogP contribution is -2.44. The fourth-order valence-electron chi connectivity index (χ4n) is 5.53. The van der Waals surface area contributed by atoms with Gasteiger partial charge in [-0.2, -0.15) is 0 Å². The number of rotatable bonds is 9. The van der Waals surface area contributed by atoms with Gasteiger partial charge in [0.05, 0.1) is 6.10 Å². The van der Waals surface area contributed by atoms with Crippen LogP contribution < -0.4 is 0 Å². The lowest BCUT2D eigenvalue weighted by atomic mass is 9.72. The van der Waals surface area contributed by atoms with Crippen LogP contribution in [0, 0.1) is 5.92 Å². The molecule has 1 heterocycles. The van der Waals surface area contributed by atoms with Crippen LogP contribution in [0.3, 0.4) is 0 Å². The van der Waals surface area contributed by atoms with Gasteiger partial charge in [0, 0.05) is 5.41 Å². The highest BCUT2D eigenvalue weighted by atomic mass is 16.3. The third kappa shape index (κ3) is 5.27. The fraction of sp³-hybridized carbons (Fsp3) is 0.419. The van der Waals surface area contributed by atoms with Gasteiger partial charge in [0.1, 0.15) is 5.60 Å². The summed E-state index contributed by atoms with van der Waals surface area (Å²) in [7, 11) is 0. The molecule has 3 aromatic rings. The zero-order valence-corrected chi connectivity index (χ0v) is 20.6. The molecule has 3 aromatic carbocycles. The molecule has 0 aromatic heterocycles. The highest BCUT2D eigenvalue weighted by Crippen LogP contribution is 2.42. The standard InChI is InChI=1S/C31H39NO2/c1-30(2,25-13-6-3-7-14-25)29(33)19-12-22-32-23-20-28(21-24-32)31(34,26-15-8-4-9-16-26)27-17-10-5-11-18-27/h3-11,13-18,28-29,33-34H,12,19-24H2,1-2H3. The Bertz CT molecular complexity index is 956. The van der Waals surface area contributed by atoms with E-state index in [4.69, 9.17) is 0 Å². The number of aliphatic hydroxyl groups excluding tert-OH is 1. The minimum atomic E-state index is -0.968. The number of benzene rings is 3. The molecule has 0 bridgehead atoms. The number of nitrogens with zero attached hydrogens (tertiary/aromatic N) is 1. The molecule has 0 amide bonds. The number of hydrogen-bond acceptors (Lipinski definition) is 3. The Morgan fingerprint density at radius 3 is 1.68 bits per heavy atom. The maximum Gasteiger partial charge on any atom is 0.117 e. The molecule has 1 aliphatic rings. The van der Waals surface area contributed by atoms with Crippen LogP contribution in [0.2, 0.25) is 0 Å². The number of hydrogen-bond donors (Lipinski definition) is 2. The minimum absolute atomic E-state index is 0.177. The molecule has 1 unspecified atom stereocenters. The Balaban J connectivity index is 1.34. The van der Waals surface area contributed by atoms with Crippen LogP contribution in [0.4, 0.5) is 0 Å². The van der Waals surface area contributed by atoms with Gasteiger partial charge in [0.25, 0.3) is 0 Å². The molecule has 2 N–H and O–H groups in total. The molecular formula is C31H39NO2. The Morgan fingerprint density at radius 1 is 0.765 bits per heavy atom. The molecule has 1 fully saturated rings. The van der Waals surface area contributed by atoms with Crippen LogP contribution >= 0.6 is 0 Å². The first kappa shape index (κ1) is 24.7. The van der Waals surface area contributed by atoms with Crippen LogP contribution in [0.5, 0.6) is 0 Å². The summed E-state index contributed by atoms with van der Waals surface area (Å²) in [6, 6.07) is 30.6. The lowest BCUT2D eigenvalue weighted by Gasteiger charge is -2.42. The molecule has 1 aliphatic heterocycles. The molecule has 3 heteroatoms. The smallest absolute Gasteiger partial charge is 0.117 e. The van der Waals surface area contributed by atoms with Gasteiger partial charge < -0.3 is 15.1 Å². The van der Waals surface area contributed by atoms with Gasteiger partial charge in [-0.25, -0.2) is 0 Å². The van der Waals surface area contributed by atoms with Gasteiger partial charge in [-0.1, -0.05) is 105 Å². The van der Waals surface area contributed by atoms with E-state index in [0.29, 0.717) is 0 Å². The zero-order chi connectivity index (χ0) is 24.0. The van der Waals surface area contributed by atoms with Crippen molar-refractivity contribution < 1.29 is 10.2 Å². The third-order valence-electron chi connectivity index (χ3n) is 7.91. The van der Waals surface area contributed by atoms with Crippen molar-refractivity contribution in [2.45, 2.75) is 56.7 Å². The maximum absolute atomic E-state index is 12.1. The second-order valence-electron chi connectivity index (χ2n) is 10.4. The molecule has 0 saturated carbocycles. The summed E-state index contributed by atoms with van der Waals surface area (Å²) in [5.41, 5.74) is 1.92. The quantitative estimate of drug-likeness (QED) is 0.430. The molecular weight excluding hydrogens is 418 g/mol. The van der Waals surface area contributed by atoms with Gasteiger partial charge >= 0.3 is 0 Å². The summed E-state index contributed by atoms with van der Waals surface area (Å²) < 4.78 is 0. The highest BCUT2D eigenvalue weighted by molar-refractivity contribution is 5.37. The lowest BCUT2D eigenvalue weighted by molar-refractivity contribution is -0.0149. The van der Waals surface area contributed by atoms with Gasteiger partial charge in [-0.05, 0) is 67.9 Å². The first-order chi connectivity index (χ1) is 16.4. The van der Waals surface area contributed by atoms with Crippen LogP contribution in [0.15, 0.2) is 91.0 Å². The van der Waals surface area contributed by atoms with E-state index in [0.717, 1.165) is 56.4 Å². The van der Waals surface area contributed by atoms with Crippen molar-refractivity contribution in [3.05, 3.63) is 108 Å². The topological polar surface area (TPSA) is 43.7 Å². The van der Waals surface area contributed by atoms with E-state index < -0.39 is 5.60 Å². The summed E-state index contributed by atoms with van der Waals surface area (Å²) in [5, 5.41) is 23.0. The zero-order valence-electron chi connectivity index (χ0n) is 20.6. The molecule has 1 saturated heterocycles. The van der Waals surface area contributed by atoms with E-state index in [1.807, 2.05) is 54.6 Å². The van der Waals surface area contributed by atoms with Crippen LogP contribution in [-0.4, -0.2) is 40.9 Å². The summed E-state index contributed by atoms with van der Waals surface area (Å²) in [4.78, 5) is 2.50. The van der Waals surface area contributed by atoms with Crippen molar-refractivity contribution >= 4 is 0 Å². The SMILES string of the molecule is CC(C)(c1ccccc1)C(O)CCCN1CCC(C(O)(c2ccccc2)c2ccccc2)CC1. The minimum Gasteiger partial charge on any atom is -0.392 e. The molecule has 4 rings (SSSR count). The van der Waals surface area contributed by atoms with Crippen LogP contribution in [0.25, 0.3) is 0 Å². The molecule has 180 valence electrons. The first-order valence-electron chi connectivity index (χ1n) is 12.7. The number of likely N-dealkylation sites (tertiary alicyclic amines) is 1. The molecule has 1 atom stereocenters. The summed E-state index contributed by atoms with van der Waals surface area (Å²) >= 11 is 0. The maximum atomic E-state index is 12.1. The summed E-state index contributed by atoms with van der Waals surface area (Å²) in [5.74, 6) is 0.177. The normalized spacial score (nSPS) is 16.9. The molecule has 0 aliphatic carbocycles. The highest BCUT2D eigenvalue weighted by Gasteiger charge is 2.41. The Hall–Kier alpha value is -2.46. The Morgan fingerprint density at radius 2 is 1.21 bits per heavy atom. The summed E-state index contributed by atoms with van der Waals surface area (Å²) in [6.45, 7) is 7.21. The van der Waals surface area contributed by atoms with Crippen molar-refractivity contribution in [3.63, 3.8) is 0 Å². The molecule has 34 heavy (non-hydrogen) atoms. The van der Waals surface area contributed by atoms with E-state index >= 15 is 0 Å². The molecule has 0 radical (unpaired) electrons. The second-order valence-corrected chi connectivity index (χ2v) is 10.4. The summed E-state index contributed by atoms with van der Waals surface area (Å²) in [6.07, 6.45) is 3.31. The van der Waals surface area contributed by atoms with Crippen molar-refractivity contribution in [2.24, 2.45) is 5.92 Å². The first-order valence-corrected chi connectivity index (χ1v) is 12.7. The van der Waals surface area contributed by atoms with Gasteiger partial charge in [-0.15, -0.1) is 0 Å². The van der Waals surface area contributed by atoms with Gasteiger partial charge in [-0.3, -0.25) is 0 Å². The number of aliphatic hydroxyl groups is 2. The van der Waals surface area contributed by atoms with Gasteiger partial charge in [0.2, 0.25) is 0 Å². The van der Waals surface area contributed by atoms with Crippen LogP contribution in [-0.2, 0) is 11.0 Å². The van der Waals surface area contributed by atoms with Crippen molar-refractivity contribution in [3.8, 4) is 0 Å². The average molecular weight is 458 g/mol. The Labute approximate surface area is 205 Å². The predicted molar refractivity (Wildman–Crippen MR) is 140 cm³/mol. The average Bonchev–Trinajstić information content (AvgIpc) is 2.90. The monoisotopic (exact) mass is 457 g/mol. The molecule has 3 nitrogen and oxygen atoms in total. The van der Waals surface area contributed by atoms with Crippen molar-refractivity contribution in [1.82, 2.24) is 4.90 Å². The largest absolute Gasteiger partial charge is 0.392 e. The van der Waals surface area contributed by atoms with Crippen molar-refractivity contribution in [1.29, 1.82) is 0 Å².